The molecule has 0 aliphatic carbocycles. The number of hydrogen-bond acceptors (Lipinski definition) is 4. The fraction of sp³-hybridized carbons (Fsp3) is 0.167. The molecular weight excluding hydrogens is 448 g/mol. The van der Waals surface area contributed by atoms with Gasteiger partial charge in [0.05, 0.1) is 4.90 Å². The number of aliphatic carboxylic acids is 1. The van der Waals surface area contributed by atoms with E-state index in [0.717, 1.165) is 27.8 Å². The van der Waals surface area contributed by atoms with Gasteiger partial charge in [-0.25, -0.2) is 13.1 Å². The molecule has 3 rings (SSSR count). The summed E-state index contributed by atoms with van der Waals surface area (Å²) >= 11 is 5.83. The highest BCUT2D eigenvalue weighted by Gasteiger charge is 2.14. The first kappa shape index (κ1) is 23.7. The lowest BCUT2D eigenvalue weighted by Crippen LogP contribution is -2.26. The van der Waals surface area contributed by atoms with E-state index in [9.17, 15) is 13.2 Å². The third-order valence-corrected chi connectivity index (χ3v) is 6.60. The number of carboxylic acid groups (broad SMARTS) is 1. The van der Waals surface area contributed by atoms with Crippen LogP contribution in [0.2, 0.25) is 5.02 Å². The van der Waals surface area contributed by atoms with E-state index in [2.05, 4.69) is 16.3 Å². The summed E-state index contributed by atoms with van der Waals surface area (Å²) in [7, 11) is -3.66. The van der Waals surface area contributed by atoms with Gasteiger partial charge in [-0.3, -0.25) is 9.78 Å². The Bertz CT molecular complexity index is 1210. The number of carbonyl (C=O) groups is 1. The number of sulfonamides is 1. The Kier molecular flexibility index (Phi) is 7.80. The van der Waals surface area contributed by atoms with Crippen molar-refractivity contribution in [3.05, 3.63) is 101 Å². The van der Waals surface area contributed by atoms with Crippen LogP contribution in [0.1, 0.15) is 28.7 Å². The van der Waals surface area contributed by atoms with E-state index in [1.54, 1.807) is 12.4 Å². The maximum absolute atomic E-state index is 12.5. The number of nitrogens with one attached hydrogen (secondary N) is 1. The molecule has 166 valence electrons. The molecule has 0 spiro atoms. The van der Waals surface area contributed by atoms with Gasteiger partial charge in [0.25, 0.3) is 0 Å². The van der Waals surface area contributed by atoms with Gasteiger partial charge in [-0.15, -0.1) is 0 Å². The van der Waals surface area contributed by atoms with Gasteiger partial charge in [-0.05, 0) is 71.0 Å². The van der Waals surface area contributed by atoms with Crippen LogP contribution in [0.15, 0.2) is 78.5 Å². The molecular formula is C24H23ClN2O4S. The molecule has 3 aromatic rings. The second-order valence-electron chi connectivity index (χ2n) is 7.25. The highest BCUT2D eigenvalue weighted by molar-refractivity contribution is 7.89. The van der Waals surface area contributed by atoms with Crippen LogP contribution in [0.4, 0.5) is 0 Å². The number of carboxylic acids is 1. The highest BCUT2D eigenvalue weighted by atomic mass is 35.5. The minimum Gasteiger partial charge on any atom is -0.481 e. The fourth-order valence-corrected chi connectivity index (χ4v) is 4.37. The third kappa shape index (κ3) is 6.50. The van der Waals surface area contributed by atoms with Crippen molar-refractivity contribution in [2.24, 2.45) is 0 Å². The number of halogens is 1. The maximum Gasteiger partial charge on any atom is 0.303 e. The average molecular weight is 471 g/mol. The number of aryl methyl sites for hydroxylation is 1. The van der Waals surface area contributed by atoms with Crippen LogP contribution in [0.5, 0.6) is 0 Å². The van der Waals surface area contributed by atoms with Crippen molar-refractivity contribution in [2.75, 3.05) is 6.54 Å². The standard InChI is InChI=1S/C24H23ClN2O4S/c1-17(20-3-2-11-26-16-20)21-14-18(4-9-24(28)29)13-19(15-21)10-12-27-32(30,31)23-7-5-22(25)6-8-23/h2-3,5-8,11,13-16,27H,1,4,9-10,12H2,(H,28,29). The Morgan fingerprint density at radius 3 is 2.34 bits per heavy atom. The van der Waals surface area contributed by atoms with E-state index in [1.165, 1.54) is 24.3 Å². The number of pyridine rings is 1. The molecule has 0 aliphatic heterocycles. The molecule has 2 N–H and O–H groups in total. The Morgan fingerprint density at radius 2 is 1.72 bits per heavy atom. The van der Waals surface area contributed by atoms with Crippen molar-refractivity contribution in [1.29, 1.82) is 0 Å². The first-order valence-electron chi connectivity index (χ1n) is 9.94. The predicted octanol–water partition coefficient (Wildman–Crippen LogP) is 4.33. The van der Waals surface area contributed by atoms with E-state index in [1.807, 2.05) is 30.3 Å². The second-order valence-corrected chi connectivity index (χ2v) is 9.46. The Hall–Kier alpha value is -3.00. The normalized spacial score (nSPS) is 11.3. The molecule has 0 unspecified atom stereocenters. The molecule has 32 heavy (non-hydrogen) atoms. The van der Waals surface area contributed by atoms with Crippen LogP contribution >= 0.6 is 11.6 Å². The van der Waals surface area contributed by atoms with Gasteiger partial charge in [-0.1, -0.05) is 42.4 Å². The Labute approximate surface area is 192 Å². The smallest absolute Gasteiger partial charge is 0.303 e. The number of nitrogens with zero attached hydrogens (tertiary/aromatic N) is 1. The van der Waals surface area contributed by atoms with Crippen molar-refractivity contribution >= 4 is 33.2 Å². The highest BCUT2D eigenvalue weighted by Crippen LogP contribution is 2.24. The van der Waals surface area contributed by atoms with Crippen LogP contribution in [0.25, 0.3) is 5.57 Å². The van der Waals surface area contributed by atoms with E-state index in [4.69, 9.17) is 16.7 Å². The molecule has 6 nitrogen and oxygen atoms in total. The van der Waals surface area contributed by atoms with Crippen molar-refractivity contribution in [3.63, 3.8) is 0 Å². The Morgan fingerprint density at radius 1 is 1.03 bits per heavy atom. The minimum atomic E-state index is -3.66. The SMILES string of the molecule is C=C(c1cccnc1)c1cc(CCNS(=O)(=O)c2ccc(Cl)cc2)cc(CCC(=O)O)c1. The average Bonchev–Trinajstić information content (AvgIpc) is 2.78. The summed E-state index contributed by atoms with van der Waals surface area (Å²) in [6, 6.07) is 15.4. The molecule has 0 saturated heterocycles. The van der Waals surface area contributed by atoms with Gasteiger partial charge in [-0.2, -0.15) is 0 Å². The molecule has 1 heterocycles. The number of hydrogen-bond donors (Lipinski definition) is 2. The van der Waals surface area contributed by atoms with Gasteiger partial charge < -0.3 is 5.11 Å². The molecule has 0 bridgehead atoms. The molecule has 0 amide bonds. The summed E-state index contributed by atoms with van der Waals surface area (Å²) in [5.74, 6) is -0.876. The summed E-state index contributed by atoms with van der Waals surface area (Å²) in [4.78, 5) is 15.3. The van der Waals surface area contributed by atoms with Crippen molar-refractivity contribution in [1.82, 2.24) is 9.71 Å². The van der Waals surface area contributed by atoms with Crippen molar-refractivity contribution < 1.29 is 18.3 Å². The molecule has 0 saturated carbocycles. The first-order valence-corrected chi connectivity index (χ1v) is 11.8. The lowest BCUT2D eigenvalue weighted by Gasteiger charge is -2.13. The minimum absolute atomic E-state index is 0.00541. The summed E-state index contributed by atoms with van der Waals surface area (Å²) in [6.45, 7) is 4.35. The summed E-state index contributed by atoms with van der Waals surface area (Å²) < 4.78 is 27.6. The molecule has 0 atom stereocenters. The van der Waals surface area contributed by atoms with Crippen molar-refractivity contribution in [2.45, 2.75) is 24.2 Å². The van der Waals surface area contributed by atoms with E-state index in [-0.39, 0.29) is 17.9 Å². The first-order chi connectivity index (χ1) is 15.2. The van der Waals surface area contributed by atoms with Gasteiger partial charge in [0.1, 0.15) is 0 Å². The molecule has 1 aromatic heterocycles. The molecule has 0 aliphatic rings. The lowest BCUT2D eigenvalue weighted by atomic mass is 9.94. The molecule has 0 radical (unpaired) electrons. The maximum atomic E-state index is 12.5. The predicted molar refractivity (Wildman–Crippen MR) is 125 cm³/mol. The number of rotatable bonds is 10. The summed E-state index contributed by atoms with van der Waals surface area (Å²) in [5, 5.41) is 9.51. The van der Waals surface area contributed by atoms with E-state index in [0.29, 0.717) is 17.9 Å². The van der Waals surface area contributed by atoms with Gasteiger partial charge >= 0.3 is 5.97 Å². The topological polar surface area (TPSA) is 96.4 Å². The Balaban J connectivity index is 1.78. The van der Waals surface area contributed by atoms with Crippen LogP contribution < -0.4 is 4.72 Å². The zero-order valence-electron chi connectivity index (χ0n) is 17.3. The van der Waals surface area contributed by atoms with Gasteiger partial charge in [0.15, 0.2) is 0 Å². The number of aromatic nitrogens is 1. The quantitative estimate of drug-likeness (QED) is 0.459. The zero-order valence-corrected chi connectivity index (χ0v) is 18.9. The van der Waals surface area contributed by atoms with Gasteiger partial charge in [0.2, 0.25) is 10.0 Å². The molecule has 8 heteroatoms. The third-order valence-electron chi connectivity index (χ3n) is 4.87. The van der Waals surface area contributed by atoms with Crippen molar-refractivity contribution in [3.8, 4) is 0 Å². The molecule has 2 aromatic carbocycles. The largest absolute Gasteiger partial charge is 0.481 e. The van der Waals surface area contributed by atoms with Crippen LogP contribution in [0, 0.1) is 0 Å². The number of benzene rings is 2. The van der Waals surface area contributed by atoms with Crippen LogP contribution in [0.3, 0.4) is 0 Å². The monoisotopic (exact) mass is 470 g/mol. The second kappa shape index (κ2) is 10.5. The summed E-state index contributed by atoms with van der Waals surface area (Å²) in [6.07, 6.45) is 4.20. The zero-order chi connectivity index (χ0) is 23.1. The molecule has 0 fully saturated rings. The van der Waals surface area contributed by atoms with Crippen LogP contribution in [-0.4, -0.2) is 31.0 Å². The van der Waals surface area contributed by atoms with Crippen LogP contribution in [-0.2, 0) is 27.7 Å². The van der Waals surface area contributed by atoms with E-state index < -0.39 is 16.0 Å². The lowest BCUT2D eigenvalue weighted by molar-refractivity contribution is -0.136. The van der Waals surface area contributed by atoms with E-state index >= 15 is 0 Å². The summed E-state index contributed by atoms with van der Waals surface area (Å²) in [5.41, 5.74) is 4.20. The fourth-order valence-electron chi connectivity index (χ4n) is 3.21. The van der Waals surface area contributed by atoms with Gasteiger partial charge in [0, 0.05) is 30.4 Å².